The van der Waals surface area contributed by atoms with Crippen LogP contribution in [0.5, 0.6) is 0 Å². The summed E-state index contributed by atoms with van der Waals surface area (Å²) in [5.41, 5.74) is 0. The molecule has 0 radical (unpaired) electrons. The van der Waals surface area contributed by atoms with Crippen LogP contribution in [0, 0.1) is 5.92 Å². The van der Waals surface area contributed by atoms with Gasteiger partial charge in [0.25, 0.3) is 0 Å². The van der Waals surface area contributed by atoms with E-state index in [1.165, 1.54) is 0 Å². The Morgan fingerprint density at radius 1 is 1.69 bits per heavy atom. The Kier molecular flexibility index (Phi) is 3.97. The lowest BCUT2D eigenvalue weighted by Crippen LogP contribution is -2.23. The number of cyclic esters (lactones) is 1. The van der Waals surface area contributed by atoms with Crippen LogP contribution in [0.15, 0.2) is 10.6 Å². The van der Waals surface area contributed by atoms with Crippen molar-refractivity contribution in [1.29, 1.82) is 0 Å². The maximum absolute atomic E-state index is 11.0. The van der Waals surface area contributed by atoms with Gasteiger partial charge < -0.3 is 4.74 Å². The summed E-state index contributed by atoms with van der Waals surface area (Å²) in [6.45, 7) is 4.21. The molecule has 0 aromatic carbocycles. The normalized spacial score (nSPS) is 24.8. The Morgan fingerprint density at radius 2 is 2.38 bits per heavy atom. The number of carbonyl (C=O) groups is 1. The predicted molar refractivity (Wildman–Crippen MR) is 55.6 cm³/mol. The molecular weight excluding hydrogens is 232 g/mol. The summed E-state index contributed by atoms with van der Waals surface area (Å²) in [4.78, 5) is 11.0. The zero-order valence-corrected chi connectivity index (χ0v) is 9.63. The van der Waals surface area contributed by atoms with Gasteiger partial charge in [0.05, 0.1) is 0 Å². The van der Waals surface area contributed by atoms with Crippen LogP contribution in [0.3, 0.4) is 0 Å². The van der Waals surface area contributed by atoms with E-state index in [0.717, 1.165) is 17.3 Å². The van der Waals surface area contributed by atoms with Crippen LogP contribution in [0.1, 0.15) is 33.1 Å². The SMILES string of the molecule is CC(C)/C=C(/Br)C1CCCC(=O)O1. The van der Waals surface area contributed by atoms with E-state index in [2.05, 4.69) is 35.9 Å². The molecular formula is C10H15BrO2. The van der Waals surface area contributed by atoms with E-state index < -0.39 is 0 Å². The van der Waals surface area contributed by atoms with Crippen LogP contribution in [0.2, 0.25) is 0 Å². The number of carbonyl (C=O) groups excluding carboxylic acids is 1. The Morgan fingerprint density at radius 3 is 2.92 bits per heavy atom. The van der Waals surface area contributed by atoms with Gasteiger partial charge in [-0.1, -0.05) is 35.9 Å². The molecule has 0 bridgehead atoms. The Balaban J connectivity index is 2.55. The number of rotatable bonds is 2. The summed E-state index contributed by atoms with van der Waals surface area (Å²) < 4.78 is 6.20. The smallest absolute Gasteiger partial charge is 0.306 e. The summed E-state index contributed by atoms with van der Waals surface area (Å²) in [7, 11) is 0. The third-order valence-corrected chi connectivity index (χ3v) is 2.70. The number of ether oxygens (including phenoxy) is 1. The van der Waals surface area contributed by atoms with Crippen molar-refractivity contribution in [2.75, 3.05) is 0 Å². The highest BCUT2D eigenvalue weighted by Crippen LogP contribution is 2.25. The first-order valence-corrected chi connectivity index (χ1v) is 5.45. The number of halogens is 1. The second-order valence-electron chi connectivity index (χ2n) is 3.67. The topological polar surface area (TPSA) is 26.3 Å². The standard InChI is InChI=1S/C10H15BrO2/c1-7(2)6-8(11)9-4-3-5-10(12)13-9/h6-7,9H,3-5H2,1-2H3/b8-6+. The molecule has 1 fully saturated rings. The number of hydrogen-bond donors (Lipinski definition) is 0. The molecule has 1 atom stereocenters. The van der Waals surface area contributed by atoms with E-state index in [9.17, 15) is 4.79 Å². The highest BCUT2D eigenvalue weighted by molar-refractivity contribution is 9.11. The van der Waals surface area contributed by atoms with E-state index in [1.54, 1.807) is 0 Å². The monoisotopic (exact) mass is 246 g/mol. The zero-order valence-electron chi connectivity index (χ0n) is 8.05. The van der Waals surface area contributed by atoms with Gasteiger partial charge in [-0.15, -0.1) is 0 Å². The molecule has 2 nitrogen and oxygen atoms in total. The lowest BCUT2D eigenvalue weighted by atomic mass is 10.1. The van der Waals surface area contributed by atoms with Crippen molar-refractivity contribution < 1.29 is 9.53 Å². The molecule has 1 aliphatic rings. The van der Waals surface area contributed by atoms with Crippen LogP contribution in [-0.4, -0.2) is 12.1 Å². The zero-order chi connectivity index (χ0) is 9.84. The molecule has 1 aliphatic heterocycles. The summed E-state index contributed by atoms with van der Waals surface area (Å²) >= 11 is 3.45. The van der Waals surface area contributed by atoms with Gasteiger partial charge in [0.15, 0.2) is 0 Å². The molecule has 3 heteroatoms. The number of hydrogen-bond acceptors (Lipinski definition) is 2. The summed E-state index contributed by atoms with van der Waals surface area (Å²) in [6, 6.07) is 0. The van der Waals surface area contributed by atoms with Crippen molar-refractivity contribution in [3.8, 4) is 0 Å². The molecule has 1 unspecified atom stereocenters. The highest BCUT2D eigenvalue weighted by atomic mass is 79.9. The predicted octanol–water partition coefficient (Wildman–Crippen LogP) is 3.02. The van der Waals surface area contributed by atoms with Gasteiger partial charge >= 0.3 is 5.97 Å². The first kappa shape index (κ1) is 10.8. The summed E-state index contributed by atoms with van der Waals surface area (Å²) in [5, 5.41) is 0. The van der Waals surface area contributed by atoms with Gasteiger partial charge in [0.2, 0.25) is 0 Å². The maximum Gasteiger partial charge on any atom is 0.306 e. The van der Waals surface area contributed by atoms with E-state index >= 15 is 0 Å². The van der Waals surface area contributed by atoms with Gasteiger partial charge in [-0.05, 0) is 18.8 Å². The van der Waals surface area contributed by atoms with Crippen molar-refractivity contribution in [3.63, 3.8) is 0 Å². The number of esters is 1. The molecule has 1 saturated heterocycles. The molecule has 1 rings (SSSR count). The first-order valence-electron chi connectivity index (χ1n) is 4.66. The summed E-state index contributed by atoms with van der Waals surface area (Å²) in [6.07, 6.45) is 4.49. The molecule has 0 spiro atoms. The minimum absolute atomic E-state index is 0.0383. The summed E-state index contributed by atoms with van der Waals surface area (Å²) in [5.74, 6) is 0.403. The van der Waals surface area contributed by atoms with Crippen molar-refractivity contribution in [2.24, 2.45) is 5.92 Å². The van der Waals surface area contributed by atoms with Crippen molar-refractivity contribution in [3.05, 3.63) is 10.6 Å². The Labute approximate surface area is 87.5 Å². The molecule has 0 N–H and O–H groups in total. The Bertz CT molecular complexity index is 221. The average molecular weight is 247 g/mol. The lowest BCUT2D eigenvalue weighted by molar-refractivity contribution is -0.150. The van der Waals surface area contributed by atoms with Gasteiger partial charge in [-0.2, -0.15) is 0 Å². The molecule has 1 heterocycles. The van der Waals surface area contributed by atoms with Crippen molar-refractivity contribution >= 4 is 21.9 Å². The van der Waals surface area contributed by atoms with Gasteiger partial charge in [0.1, 0.15) is 6.10 Å². The number of allylic oxidation sites excluding steroid dienone is 1. The maximum atomic E-state index is 11.0. The molecule has 74 valence electrons. The average Bonchev–Trinajstić information content (AvgIpc) is 2.03. The van der Waals surface area contributed by atoms with E-state index in [1.807, 2.05) is 0 Å². The fourth-order valence-electron chi connectivity index (χ4n) is 1.33. The van der Waals surface area contributed by atoms with E-state index in [0.29, 0.717) is 12.3 Å². The third-order valence-electron chi connectivity index (χ3n) is 1.92. The molecule has 0 amide bonds. The molecule has 0 aromatic heterocycles. The second kappa shape index (κ2) is 4.80. The van der Waals surface area contributed by atoms with Gasteiger partial charge in [-0.25, -0.2) is 0 Å². The van der Waals surface area contributed by atoms with Crippen LogP contribution in [0.4, 0.5) is 0 Å². The lowest BCUT2D eigenvalue weighted by Gasteiger charge is -2.22. The van der Waals surface area contributed by atoms with E-state index in [-0.39, 0.29) is 12.1 Å². The highest BCUT2D eigenvalue weighted by Gasteiger charge is 2.22. The van der Waals surface area contributed by atoms with Crippen LogP contribution >= 0.6 is 15.9 Å². The minimum atomic E-state index is -0.0784. The van der Waals surface area contributed by atoms with E-state index in [4.69, 9.17) is 4.74 Å². The fraction of sp³-hybridized carbons (Fsp3) is 0.700. The van der Waals surface area contributed by atoms with Gasteiger partial charge in [-0.3, -0.25) is 4.79 Å². The fourth-order valence-corrected chi connectivity index (χ4v) is 2.18. The molecule has 0 aromatic rings. The minimum Gasteiger partial charge on any atom is -0.457 e. The second-order valence-corrected chi connectivity index (χ2v) is 4.58. The Hall–Kier alpha value is -0.310. The van der Waals surface area contributed by atoms with Crippen LogP contribution < -0.4 is 0 Å². The van der Waals surface area contributed by atoms with Crippen LogP contribution in [-0.2, 0) is 9.53 Å². The van der Waals surface area contributed by atoms with Gasteiger partial charge in [0, 0.05) is 10.9 Å². The quantitative estimate of drug-likeness (QED) is 0.701. The molecule has 13 heavy (non-hydrogen) atoms. The molecule has 0 aliphatic carbocycles. The van der Waals surface area contributed by atoms with Crippen LogP contribution in [0.25, 0.3) is 0 Å². The molecule has 0 saturated carbocycles. The van der Waals surface area contributed by atoms with Crippen molar-refractivity contribution in [1.82, 2.24) is 0 Å². The largest absolute Gasteiger partial charge is 0.457 e. The van der Waals surface area contributed by atoms with Crippen molar-refractivity contribution in [2.45, 2.75) is 39.2 Å². The first-order chi connectivity index (χ1) is 6.09. The third kappa shape index (κ3) is 3.51.